The Bertz CT molecular complexity index is 1420. The van der Waals surface area contributed by atoms with Crippen LogP contribution in [0.3, 0.4) is 0 Å². The van der Waals surface area contributed by atoms with Gasteiger partial charge in [0.25, 0.3) is 0 Å². The zero-order valence-corrected chi connectivity index (χ0v) is 21.8. The van der Waals surface area contributed by atoms with Gasteiger partial charge in [0.1, 0.15) is 23.0 Å². The van der Waals surface area contributed by atoms with Crippen molar-refractivity contribution in [1.29, 1.82) is 0 Å². The van der Waals surface area contributed by atoms with Crippen LogP contribution < -0.4 is 4.74 Å². The number of carbonyl (C=O) groups excluding carboxylic acids is 1. The van der Waals surface area contributed by atoms with Crippen molar-refractivity contribution in [2.75, 3.05) is 6.54 Å². The maximum absolute atomic E-state index is 12.7. The highest BCUT2D eigenvalue weighted by molar-refractivity contribution is 6.34. The van der Waals surface area contributed by atoms with Gasteiger partial charge in [0, 0.05) is 41.8 Å². The van der Waals surface area contributed by atoms with Crippen molar-refractivity contribution in [3.05, 3.63) is 64.8 Å². The minimum Gasteiger partial charge on any atom is -0.484 e. The number of fused-ring (bicyclic) bond motifs is 2. The maximum Gasteiger partial charge on any atom is 0.410 e. The molecule has 1 atom stereocenters. The monoisotopic (exact) mass is 508 g/mol. The summed E-state index contributed by atoms with van der Waals surface area (Å²) in [4.78, 5) is 18.6. The molecule has 0 aromatic carbocycles. The average molecular weight is 509 g/mol. The fraction of sp³-hybridized carbons (Fsp3) is 0.385. The van der Waals surface area contributed by atoms with Gasteiger partial charge in [0.15, 0.2) is 0 Å². The van der Waals surface area contributed by atoms with E-state index in [-0.39, 0.29) is 12.2 Å². The van der Waals surface area contributed by atoms with Crippen LogP contribution in [0.25, 0.3) is 16.8 Å². The third kappa shape index (κ3) is 4.63. The summed E-state index contributed by atoms with van der Waals surface area (Å²) in [5.74, 6) is 0.604. The summed E-state index contributed by atoms with van der Waals surface area (Å²) >= 11 is 6.47. The summed E-state index contributed by atoms with van der Waals surface area (Å²) in [7, 11) is 0. The van der Waals surface area contributed by atoms with E-state index in [9.17, 15) is 4.79 Å². The van der Waals surface area contributed by atoms with Crippen LogP contribution in [0, 0.1) is 6.92 Å². The SMILES string of the molecule is Cc1c(-c2cc(O[C@H](C)c3cccnc3)c3c(Cl)cnn3c2)nn2c1CN(C(=O)OC(C)(C)C)CC2. The van der Waals surface area contributed by atoms with Gasteiger partial charge in [-0.3, -0.25) is 9.67 Å². The van der Waals surface area contributed by atoms with Gasteiger partial charge in [0.05, 0.1) is 35.7 Å². The largest absolute Gasteiger partial charge is 0.484 e. The number of nitrogens with zero attached hydrogens (tertiary/aromatic N) is 6. The van der Waals surface area contributed by atoms with Crippen molar-refractivity contribution in [3.63, 3.8) is 0 Å². The normalized spacial score (nSPS) is 14.6. The van der Waals surface area contributed by atoms with Gasteiger partial charge in [-0.15, -0.1) is 0 Å². The minimum atomic E-state index is -0.543. The molecule has 4 aromatic rings. The molecule has 0 spiro atoms. The van der Waals surface area contributed by atoms with E-state index in [4.69, 9.17) is 26.2 Å². The number of halogens is 1. The zero-order valence-electron chi connectivity index (χ0n) is 21.0. The molecule has 10 heteroatoms. The lowest BCUT2D eigenvalue weighted by Gasteiger charge is -2.30. The molecule has 0 radical (unpaired) electrons. The average Bonchev–Trinajstić information content (AvgIpc) is 3.38. The predicted molar refractivity (Wildman–Crippen MR) is 136 cm³/mol. The highest BCUT2D eigenvalue weighted by atomic mass is 35.5. The number of ether oxygens (including phenoxy) is 2. The summed E-state index contributed by atoms with van der Waals surface area (Å²) in [6, 6.07) is 5.80. The summed E-state index contributed by atoms with van der Waals surface area (Å²) in [6.07, 6.45) is 6.46. The molecule has 0 aliphatic carbocycles. The second-order valence-corrected chi connectivity index (χ2v) is 10.4. The summed E-state index contributed by atoms with van der Waals surface area (Å²) in [5, 5.41) is 9.80. The molecular formula is C26H29ClN6O3. The van der Waals surface area contributed by atoms with Gasteiger partial charge in [-0.2, -0.15) is 10.2 Å². The number of pyridine rings is 2. The number of hydrogen-bond donors (Lipinski definition) is 0. The maximum atomic E-state index is 12.7. The molecule has 0 bridgehead atoms. The number of carbonyl (C=O) groups is 1. The lowest BCUT2D eigenvalue weighted by Crippen LogP contribution is -2.41. The number of hydrogen-bond acceptors (Lipinski definition) is 6. The Hall–Kier alpha value is -3.59. The Kier molecular flexibility index (Phi) is 6.12. The Labute approximate surface area is 214 Å². The van der Waals surface area contributed by atoms with Crippen LogP contribution in [-0.4, -0.2) is 47.5 Å². The molecule has 5 heterocycles. The van der Waals surface area contributed by atoms with Crippen LogP contribution in [0.5, 0.6) is 5.75 Å². The molecule has 0 unspecified atom stereocenters. The van der Waals surface area contributed by atoms with Gasteiger partial charge in [0.2, 0.25) is 0 Å². The Balaban J connectivity index is 1.49. The number of rotatable bonds is 4. The van der Waals surface area contributed by atoms with Crippen molar-refractivity contribution in [3.8, 4) is 17.0 Å². The second kappa shape index (κ2) is 9.13. The number of aromatic nitrogens is 5. The number of amides is 1. The fourth-order valence-corrected chi connectivity index (χ4v) is 4.57. The van der Waals surface area contributed by atoms with Gasteiger partial charge in [-0.05, 0) is 46.8 Å². The summed E-state index contributed by atoms with van der Waals surface area (Å²) in [6.45, 7) is 11.2. The minimum absolute atomic E-state index is 0.248. The van der Waals surface area contributed by atoms with Crippen molar-refractivity contribution in [2.24, 2.45) is 0 Å². The van der Waals surface area contributed by atoms with Crippen LogP contribution in [0.4, 0.5) is 4.79 Å². The first-order valence-corrected chi connectivity index (χ1v) is 12.3. The van der Waals surface area contributed by atoms with E-state index in [0.717, 1.165) is 28.1 Å². The van der Waals surface area contributed by atoms with Gasteiger partial charge in [-0.25, -0.2) is 9.31 Å². The quantitative estimate of drug-likeness (QED) is 0.364. The molecule has 188 valence electrons. The van der Waals surface area contributed by atoms with Crippen LogP contribution in [0.2, 0.25) is 5.02 Å². The molecule has 0 N–H and O–H groups in total. The summed E-state index contributed by atoms with van der Waals surface area (Å²) < 4.78 is 15.6. The molecule has 9 nitrogen and oxygen atoms in total. The van der Waals surface area contributed by atoms with E-state index in [2.05, 4.69) is 10.1 Å². The standard InChI is InChI=1S/C26H29ClN6O3/c1-16-21-15-31(25(34)36-26(3,4)5)9-10-32(21)30-23(16)19-11-22(24-20(27)13-29-33(24)14-19)35-17(2)18-7-6-8-28-12-18/h6-8,11-14,17H,9-10,15H2,1-5H3/t17-/m1/s1. The van der Waals surface area contributed by atoms with E-state index in [0.29, 0.717) is 35.9 Å². The van der Waals surface area contributed by atoms with E-state index < -0.39 is 5.60 Å². The molecule has 1 aliphatic rings. The predicted octanol–water partition coefficient (Wildman–Crippen LogP) is 5.45. The highest BCUT2D eigenvalue weighted by Crippen LogP contribution is 2.36. The first-order chi connectivity index (χ1) is 17.1. The Morgan fingerprint density at radius 2 is 2.03 bits per heavy atom. The van der Waals surface area contributed by atoms with Crippen molar-refractivity contribution < 1.29 is 14.3 Å². The molecule has 1 amide bonds. The van der Waals surface area contributed by atoms with Gasteiger partial charge >= 0.3 is 6.09 Å². The van der Waals surface area contributed by atoms with Crippen molar-refractivity contribution >= 4 is 23.2 Å². The summed E-state index contributed by atoms with van der Waals surface area (Å²) in [5.41, 5.74) is 4.72. The molecule has 0 saturated heterocycles. The molecule has 5 rings (SSSR count). The van der Waals surface area contributed by atoms with E-state index >= 15 is 0 Å². The highest BCUT2D eigenvalue weighted by Gasteiger charge is 2.29. The van der Waals surface area contributed by atoms with Crippen LogP contribution in [-0.2, 0) is 17.8 Å². The molecule has 1 aliphatic heterocycles. The second-order valence-electron chi connectivity index (χ2n) is 9.97. The van der Waals surface area contributed by atoms with E-state index in [1.54, 1.807) is 28.0 Å². The third-order valence-electron chi connectivity index (χ3n) is 6.16. The fourth-order valence-electron chi connectivity index (χ4n) is 4.35. The molecule has 36 heavy (non-hydrogen) atoms. The molecule has 4 aromatic heterocycles. The van der Waals surface area contributed by atoms with E-state index in [1.807, 2.05) is 63.7 Å². The lowest BCUT2D eigenvalue weighted by molar-refractivity contribution is 0.0194. The Morgan fingerprint density at radius 1 is 1.22 bits per heavy atom. The molecular weight excluding hydrogens is 480 g/mol. The topological polar surface area (TPSA) is 86.8 Å². The van der Waals surface area contributed by atoms with Crippen molar-refractivity contribution in [2.45, 2.75) is 59.4 Å². The van der Waals surface area contributed by atoms with Crippen LogP contribution >= 0.6 is 11.6 Å². The van der Waals surface area contributed by atoms with Gasteiger partial charge < -0.3 is 14.4 Å². The zero-order chi connectivity index (χ0) is 25.6. The lowest BCUT2D eigenvalue weighted by atomic mass is 10.1. The molecule has 0 fully saturated rings. The Morgan fingerprint density at radius 3 is 2.75 bits per heavy atom. The first kappa shape index (κ1) is 24.1. The molecule has 0 saturated carbocycles. The van der Waals surface area contributed by atoms with E-state index in [1.165, 1.54) is 0 Å². The van der Waals surface area contributed by atoms with Crippen molar-refractivity contribution in [1.82, 2.24) is 29.3 Å². The van der Waals surface area contributed by atoms with Crippen LogP contribution in [0.15, 0.2) is 43.0 Å². The third-order valence-corrected chi connectivity index (χ3v) is 6.43. The smallest absolute Gasteiger partial charge is 0.410 e. The first-order valence-electron chi connectivity index (χ1n) is 11.9. The van der Waals surface area contributed by atoms with Crippen LogP contribution in [0.1, 0.15) is 50.6 Å². The van der Waals surface area contributed by atoms with Gasteiger partial charge in [-0.1, -0.05) is 17.7 Å².